The summed E-state index contributed by atoms with van der Waals surface area (Å²) in [4.78, 5) is 12.0. The van der Waals surface area contributed by atoms with Crippen LogP contribution in [0.4, 0.5) is 11.4 Å². The van der Waals surface area contributed by atoms with E-state index in [-0.39, 0.29) is 16.3 Å². The van der Waals surface area contributed by atoms with E-state index in [0.29, 0.717) is 16.4 Å². The van der Waals surface area contributed by atoms with Gasteiger partial charge in [0.2, 0.25) is 0 Å². The van der Waals surface area contributed by atoms with E-state index >= 15 is 0 Å². The fraction of sp³-hybridized carbons (Fsp3) is 0. The van der Waals surface area contributed by atoms with Crippen molar-refractivity contribution in [2.75, 3.05) is 11.1 Å². The van der Waals surface area contributed by atoms with E-state index in [1.54, 1.807) is 12.1 Å². The van der Waals surface area contributed by atoms with Crippen LogP contribution in [0.5, 0.6) is 5.75 Å². The van der Waals surface area contributed by atoms with Crippen molar-refractivity contribution in [3.05, 3.63) is 52.0 Å². The maximum absolute atomic E-state index is 12.0. The summed E-state index contributed by atoms with van der Waals surface area (Å²) in [5, 5.41) is 12.5. The summed E-state index contributed by atoms with van der Waals surface area (Å²) in [6.45, 7) is 0. The Morgan fingerprint density at radius 2 is 1.79 bits per heavy atom. The maximum Gasteiger partial charge on any atom is 0.257 e. The van der Waals surface area contributed by atoms with Gasteiger partial charge in [0, 0.05) is 5.69 Å². The molecule has 4 N–H and O–H groups in total. The van der Waals surface area contributed by atoms with Crippen LogP contribution < -0.4 is 11.1 Å². The molecule has 98 valence electrons. The Kier molecular flexibility index (Phi) is 3.83. The molecule has 0 aromatic heterocycles. The number of phenols is 1. The van der Waals surface area contributed by atoms with Crippen LogP contribution in [0.25, 0.3) is 0 Å². The largest absolute Gasteiger partial charge is 0.508 e. The molecule has 0 saturated heterocycles. The average Bonchev–Trinajstić information content (AvgIpc) is 2.36. The number of rotatable bonds is 2. The first-order chi connectivity index (χ1) is 8.97. The van der Waals surface area contributed by atoms with Crippen LogP contribution in [0.1, 0.15) is 10.4 Å². The van der Waals surface area contributed by atoms with Gasteiger partial charge in [-0.2, -0.15) is 0 Å². The van der Waals surface area contributed by atoms with Gasteiger partial charge in [0.1, 0.15) is 5.75 Å². The molecular weight excluding hydrogens is 287 g/mol. The second-order valence-corrected chi connectivity index (χ2v) is 4.67. The lowest BCUT2D eigenvalue weighted by atomic mass is 10.2. The highest BCUT2D eigenvalue weighted by atomic mass is 35.5. The molecule has 0 aliphatic carbocycles. The zero-order chi connectivity index (χ0) is 14.0. The van der Waals surface area contributed by atoms with Gasteiger partial charge in [-0.1, -0.05) is 23.2 Å². The molecule has 0 spiro atoms. The fourth-order valence-electron chi connectivity index (χ4n) is 1.52. The lowest BCUT2D eigenvalue weighted by molar-refractivity contribution is 0.102. The minimum atomic E-state index is -0.478. The Hall–Kier alpha value is -1.91. The number of hydrogen-bond donors (Lipinski definition) is 3. The van der Waals surface area contributed by atoms with Gasteiger partial charge >= 0.3 is 0 Å². The Labute approximate surface area is 119 Å². The van der Waals surface area contributed by atoms with E-state index in [1.807, 2.05) is 0 Å². The number of halogens is 2. The van der Waals surface area contributed by atoms with Gasteiger partial charge < -0.3 is 16.2 Å². The van der Waals surface area contributed by atoms with Gasteiger partial charge in [0.15, 0.2) is 0 Å². The number of nitrogen functional groups attached to an aromatic ring is 1. The van der Waals surface area contributed by atoms with Crippen LogP contribution in [-0.2, 0) is 0 Å². The minimum absolute atomic E-state index is 0.0479. The molecule has 6 heteroatoms. The first kappa shape index (κ1) is 13.5. The lowest BCUT2D eigenvalue weighted by Gasteiger charge is -2.09. The lowest BCUT2D eigenvalue weighted by Crippen LogP contribution is -2.13. The van der Waals surface area contributed by atoms with Gasteiger partial charge in [-0.3, -0.25) is 4.79 Å². The van der Waals surface area contributed by atoms with Crippen LogP contribution in [0, 0.1) is 0 Å². The Morgan fingerprint density at radius 3 is 2.53 bits per heavy atom. The van der Waals surface area contributed by atoms with Crippen molar-refractivity contribution in [2.24, 2.45) is 0 Å². The van der Waals surface area contributed by atoms with Crippen molar-refractivity contribution in [3.63, 3.8) is 0 Å². The van der Waals surface area contributed by atoms with Crippen molar-refractivity contribution in [3.8, 4) is 5.75 Å². The standard InChI is InChI=1S/C13H10Cl2N2O2/c14-10-4-2-8(18)6-9(10)13(19)17-12-5-7(16)1-3-11(12)15/h1-6,18H,16H2,(H,17,19). The summed E-state index contributed by atoms with van der Waals surface area (Å²) < 4.78 is 0. The smallest absolute Gasteiger partial charge is 0.257 e. The van der Waals surface area contributed by atoms with Gasteiger partial charge in [-0.15, -0.1) is 0 Å². The molecule has 0 atom stereocenters. The molecular formula is C13H10Cl2N2O2. The highest BCUT2D eigenvalue weighted by Gasteiger charge is 2.13. The summed E-state index contributed by atoms with van der Waals surface area (Å²) in [7, 11) is 0. The summed E-state index contributed by atoms with van der Waals surface area (Å²) in [5.74, 6) is -0.526. The quantitative estimate of drug-likeness (QED) is 0.742. The van der Waals surface area contributed by atoms with Crippen LogP contribution in [-0.4, -0.2) is 11.0 Å². The molecule has 0 aliphatic heterocycles. The number of phenolic OH excluding ortho intramolecular Hbond substituents is 1. The number of carbonyl (C=O) groups excluding carboxylic acids is 1. The molecule has 1 amide bonds. The summed E-state index contributed by atoms with van der Waals surface area (Å²) >= 11 is 11.8. The van der Waals surface area contributed by atoms with E-state index in [2.05, 4.69) is 5.32 Å². The number of nitrogens with one attached hydrogen (secondary N) is 1. The average molecular weight is 297 g/mol. The molecule has 0 saturated carbocycles. The van der Waals surface area contributed by atoms with Gasteiger partial charge in [0.05, 0.1) is 21.3 Å². The molecule has 2 aromatic rings. The van der Waals surface area contributed by atoms with Crippen molar-refractivity contribution in [1.82, 2.24) is 0 Å². The van der Waals surface area contributed by atoms with Crippen molar-refractivity contribution < 1.29 is 9.90 Å². The third-order valence-electron chi connectivity index (χ3n) is 2.43. The highest BCUT2D eigenvalue weighted by Crippen LogP contribution is 2.26. The number of benzene rings is 2. The number of hydrogen-bond acceptors (Lipinski definition) is 3. The monoisotopic (exact) mass is 296 g/mol. The molecule has 0 fully saturated rings. The molecule has 19 heavy (non-hydrogen) atoms. The number of nitrogens with two attached hydrogens (primary N) is 1. The summed E-state index contributed by atoms with van der Waals surface area (Å²) in [5.41, 5.74) is 6.63. The van der Waals surface area contributed by atoms with Gasteiger partial charge in [-0.05, 0) is 36.4 Å². The molecule has 0 aliphatic rings. The zero-order valence-electron chi connectivity index (χ0n) is 9.65. The minimum Gasteiger partial charge on any atom is -0.508 e. The summed E-state index contributed by atoms with van der Waals surface area (Å²) in [6.07, 6.45) is 0. The second-order valence-electron chi connectivity index (χ2n) is 3.86. The molecule has 2 rings (SSSR count). The van der Waals surface area contributed by atoms with E-state index in [1.165, 1.54) is 24.3 Å². The van der Waals surface area contributed by atoms with Crippen LogP contribution in [0.2, 0.25) is 10.0 Å². The molecule has 0 radical (unpaired) electrons. The van der Waals surface area contributed by atoms with Crippen molar-refractivity contribution in [2.45, 2.75) is 0 Å². The SMILES string of the molecule is Nc1ccc(Cl)c(NC(=O)c2cc(O)ccc2Cl)c1. The van der Waals surface area contributed by atoms with E-state index in [0.717, 1.165) is 0 Å². The van der Waals surface area contributed by atoms with Crippen molar-refractivity contribution in [1.29, 1.82) is 0 Å². The normalized spacial score (nSPS) is 10.2. The fourth-order valence-corrected chi connectivity index (χ4v) is 1.88. The van der Waals surface area contributed by atoms with Crippen LogP contribution in [0.15, 0.2) is 36.4 Å². The predicted molar refractivity (Wildman–Crippen MR) is 76.9 cm³/mol. The van der Waals surface area contributed by atoms with Crippen molar-refractivity contribution >= 4 is 40.5 Å². The first-order valence-corrected chi connectivity index (χ1v) is 6.08. The molecule has 0 unspecified atom stereocenters. The highest BCUT2D eigenvalue weighted by molar-refractivity contribution is 6.36. The van der Waals surface area contributed by atoms with Crippen LogP contribution >= 0.6 is 23.2 Å². The number of aromatic hydroxyl groups is 1. The predicted octanol–water partition coefficient (Wildman–Crippen LogP) is 3.53. The van der Waals surface area contributed by atoms with E-state index < -0.39 is 5.91 Å². The first-order valence-electron chi connectivity index (χ1n) is 5.32. The maximum atomic E-state index is 12.0. The third-order valence-corrected chi connectivity index (χ3v) is 3.09. The Balaban J connectivity index is 2.30. The topological polar surface area (TPSA) is 75.3 Å². The van der Waals surface area contributed by atoms with Crippen LogP contribution in [0.3, 0.4) is 0 Å². The molecule has 0 bridgehead atoms. The zero-order valence-corrected chi connectivity index (χ0v) is 11.2. The third kappa shape index (κ3) is 3.10. The number of anilines is 2. The van der Waals surface area contributed by atoms with Gasteiger partial charge in [0.25, 0.3) is 5.91 Å². The molecule has 0 heterocycles. The molecule has 2 aromatic carbocycles. The number of amides is 1. The Bertz CT molecular complexity index is 645. The van der Waals surface area contributed by atoms with E-state index in [9.17, 15) is 9.90 Å². The Morgan fingerprint density at radius 1 is 1.11 bits per heavy atom. The van der Waals surface area contributed by atoms with E-state index in [4.69, 9.17) is 28.9 Å². The summed E-state index contributed by atoms with van der Waals surface area (Å²) in [6, 6.07) is 8.85. The second kappa shape index (κ2) is 5.38. The van der Waals surface area contributed by atoms with Gasteiger partial charge in [-0.25, -0.2) is 0 Å². The molecule has 4 nitrogen and oxygen atoms in total. The number of carbonyl (C=O) groups is 1.